The Bertz CT molecular complexity index is 1460. The number of nitrogens with zero attached hydrogens (tertiary/aromatic N) is 5. The van der Waals surface area contributed by atoms with Gasteiger partial charge in [-0.1, -0.05) is 17.3 Å². The van der Waals surface area contributed by atoms with Gasteiger partial charge in [-0.25, -0.2) is 23.1 Å². The number of benzene rings is 2. The SMILES string of the molecule is O=S(=O)(Cc1noc2ccccc12)Nc1ccc(Oc2cc(-n3cccn3)ncn2)cc1. The predicted molar refractivity (Wildman–Crippen MR) is 116 cm³/mol. The van der Waals surface area contributed by atoms with Gasteiger partial charge in [0.15, 0.2) is 11.4 Å². The van der Waals surface area contributed by atoms with Gasteiger partial charge in [0, 0.05) is 29.5 Å². The van der Waals surface area contributed by atoms with Crippen molar-refractivity contribution in [3.63, 3.8) is 0 Å². The van der Waals surface area contributed by atoms with Crippen molar-refractivity contribution in [1.82, 2.24) is 24.9 Å². The molecule has 10 nitrogen and oxygen atoms in total. The van der Waals surface area contributed by atoms with E-state index >= 15 is 0 Å². The molecule has 5 rings (SSSR count). The third kappa shape index (κ3) is 4.27. The van der Waals surface area contributed by atoms with E-state index < -0.39 is 10.0 Å². The van der Waals surface area contributed by atoms with Crippen LogP contribution in [0.1, 0.15) is 5.69 Å². The van der Waals surface area contributed by atoms with E-state index in [1.54, 1.807) is 77.7 Å². The van der Waals surface area contributed by atoms with Crippen molar-refractivity contribution in [1.29, 1.82) is 0 Å². The van der Waals surface area contributed by atoms with E-state index in [4.69, 9.17) is 9.26 Å². The average molecular weight is 448 g/mol. The topological polar surface area (TPSA) is 125 Å². The summed E-state index contributed by atoms with van der Waals surface area (Å²) in [6.07, 6.45) is 4.78. The molecule has 0 aliphatic carbocycles. The fourth-order valence-electron chi connectivity index (χ4n) is 3.06. The molecule has 160 valence electrons. The van der Waals surface area contributed by atoms with E-state index in [1.165, 1.54) is 6.33 Å². The van der Waals surface area contributed by atoms with Gasteiger partial charge in [-0.05, 0) is 42.5 Å². The van der Waals surface area contributed by atoms with Crippen LogP contribution in [0.2, 0.25) is 0 Å². The lowest BCUT2D eigenvalue weighted by Gasteiger charge is -2.09. The maximum Gasteiger partial charge on any atom is 0.238 e. The van der Waals surface area contributed by atoms with Gasteiger partial charge in [-0.2, -0.15) is 5.10 Å². The summed E-state index contributed by atoms with van der Waals surface area (Å²) in [7, 11) is -3.70. The fraction of sp³-hybridized carbons (Fsp3) is 0.0476. The Morgan fingerprint density at radius 2 is 1.88 bits per heavy atom. The number of nitrogens with one attached hydrogen (secondary N) is 1. The smallest absolute Gasteiger partial charge is 0.238 e. The van der Waals surface area contributed by atoms with Crippen molar-refractivity contribution in [3.05, 3.63) is 85.1 Å². The largest absolute Gasteiger partial charge is 0.439 e. The molecule has 3 aromatic heterocycles. The van der Waals surface area contributed by atoms with Gasteiger partial charge in [0.25, 0.3) is 0 Å². The normalized spacial score (nSPS) is 11.5. The van der Waals surface area contributed by atoms with Crippen LogP contribution in [0.4, 0.5) is 5.69 Å². The Hall–Kier alpha value is -4.25. The van der Waals surface area contributed by atoms with Crippen molar-refractivity contribution in [3.8, 4) is 17.4 Å². The average Bonchev–Trinajstić information content (AvgIpc) is 3.46. The molecule has 0 aliphatic rings. The highest BCUT2D eigenvalue weighted by atomic mass is 32.2. The molecular formula is C21H16N6O4S. The van der Waals surface area contributed by atoms with E-state index in [2.05, 4.69) is 24.9 Å². The molecule has 32 heavy (non-hydrogen) atoms. The summed E-state index contributed by atoms with van der Waals surface area (Å²) in [5, 5.41) is 8.66. The van der Waals surface area contributed by atoms with Crippen LogP contribution in [0.25, 0.3) is 16.8 Å². The molecule has 3 heterocycles. The summed E-state index contributed by atoms with van der Waals surface area (Å²) >= 11 is 0. The molecule has 11 heteroatoms. The minimum Gasteiger partial charge on any atom is -0.439 e. The van der Waals surface area contributed by atoms with E-state index in [1.807, 2.05) is 0 Å². The van der Waals surface area contributed by atoms with Gasteiger partial charge in [-0.3, -0.25) is 4.72 Å². The van der Waals surface area contributed by atoms with E-state index in [9.17, 15) is 8.42 Å². The third-order valence-corrected chi connectivity index (χ3v) is 5.70. The first-order valence-corrected chi connectivity index (χ1v) is 11.1. The molecule has 0 spiro atoms. The summed E-state index contributed by atoms with van der Waals surface area (Å²) in [6.45, 7) is 0. The van der Waals surface area contributed by atoms with Gasteiger partial charge < -0.3 is 9.26 Å². The van der Waals surface area contributed by atoms with Crippen LogP contribution >= 0.6 is 0 Å². The van der Waals surface area contributed by atoms with Crippen molar-refractivity contribution < 1.29 is 17.7 Å². The van der Waals surface area contributed by atoms with Gasteiger partial charge >= 0.3 is 0 Å². The van der Waals surface area contributed by atoms with Crippen LogP contribution in [0.15, 0.2) is 83.9 Å². The van der Waals surface area contributed by atoms with Gasteiger partial charge in [0.2, 0.25) is 15.9 Å². The Balaban J connectivity index is 1.27. The number of rotatable bonds is 7. The standard InChI is InChI=1S/C21H16N6O4S/c28-32(29,13-18-17-4-1-2-5-19(17)31-25-18)26-15-6-8-16(9-7-15)30-21-12-20(22-14-23-21)27-11-3-10-24-27/h1-12,14,26H,13H2. The third-order valence-electron chi connectivity index (χ3n) is 4.50. The van der Waals surface area contributed by atoms with Crippen LogP contribution in [0.5, 0.6) is 11.6 Å². The monoisotopic (exact) mass is 448 g/mol. The maximum atomic E-state index is 12.6. The quantitative estimate of drug-likeness (QED) is 0.401. The number of anilines is 1. The summed E-state index contributed by atoms with van der Waals surface area (Å²) in [5.74, 6) is 1.07. The van der Waals surface area contributed by atoms with Crippen LogP contribution < -0.4 is 9.46 Å². The number of para-hydroxylation sites is 1. The highest BCUT2D eigenvalue weighted by Gasteiger charge is 2.17. The Morgan fingerprint density at radius 1 is 1.03 bits per heavy atom. The summed E-state index contributed by atoms with van der Waals surface area (Å²) in [4.78, 5) is 8.24. The minimum absolute atomic E-state index is 0.306. The predicted octanol–water partition coefficient (Wildman–Crippen LogP) is 3.54. The number of ether oxygens (including phenoxy) is 1. The summed E-state index contributed by atoms with van der Waals surface area (Å²) in [6, 6.07) is 17.0. The van der Waals surface area contributed by atoms with Crippen molar-refractivity contribution in [2.24, 2.45) is 0 Å². The van der Waals surface area contributed by atoms with Crippen LogP contribution in [0.3, 0.4) is 0 Å². The number of hydrogen-bond acceptors (Lipinski definition) is 8. The van der Waals surface area contributed by atoms with Crippen molar-refractivity contribution >= 4 is 26.7 Å². The zero-order chi connectivity index (χ0) is 22.0. The molecule has 0 saturated carbocycles. The molecular weight excluding hydrogens is 432 g/mol. The van der Waals surface area contributed by atoms with Gasteiger partial charge in [0.1, 0.15) is 23.5 Å². The molecule has 0 radical (unpaired) electrons. The van der Waals surface area contributed by atoms with Crippen molar-refractivity contribution in [2.75, 3.05) is 4.72 Å². The number of aromatic nitrogens is 5. The van der Waals surface area contributed by atoms with E-state index in [0.717, 1.165) is 0 Å². The van der Waals surface area contributed by atoms with Gasteiger partial charge in [0.05, 0.1) is 0 Å². The lowest BCUT2D eigenvalue weighted by Crippen LogP contribution is -2.15. The summed E-state index contributed by atoms with van der Waals surface area (Å²) in [5.41, 5.74) is 1.29. The highest BCUT2D eigenvalue weighted by molar-refractivity contribution is 7.91. The van der Waals surface area contributed by atoms with Crippen LogP contribution in [-0.2, 0) is 15.8 Å². The molecule has 0 bridgehead atoms. The Morgan fingerprint density at radius 3 is 2.69 bits per heavy atom. The van der Waals surface area contributed by atoms with E-state index in [-0.39, 0.29) is 5.75 Å². The lowest BCUT2D eigenvalue weighted by atomic mass is 10.2. The molecule has 0 unspecified atom stereocenters. The Labute approximate surface area is 182 Å². The van der Waals surface area contributed by atoms with Crippen molar-refractivity contribution in [2.45, 2.75) is 5.75 Å². The molecule has 0 aliphatic heterocycles. The first-order chi connectivity index (χ1) is 15.6. The molecule has 0 amide bonds. The summed E-state index contributed by atoms with van der Waals surface area (Å²) < 4.78 is 40.2. The number of fused-ring (bicyclic) bond motifs is 1. The second-order valence-corrected chi connectivity index (χ2v) is 8.50. The zero-order valence-corrected chi connectivity index (χ0v) is 17.3. The fourth-order valence-corrected chi connectivity index (χ4v) is 4.20. The zero-order valence-electron chi connectivity index (χ0n) is 16.5. The maximum absolute atomic E-state index is 12.6. The second kappa shape index (κ2) is 8.12. The molecule has 1 N–H and O–H groups in total. The highest BCUT2D eigenvalue weighted by Crippen LogP contribution is 2.24. The van der Waals surface area contributed by atoms with E-state index in [0.29, 0.717) is 39.8 Å². The first kappa shape index (κ1) is 19.7. The number of hydrogen-bond donors (Lipinski definition) is 1. The Kier molecular flexibility index (Phi) is 5.00. The molecule has 0 fully saturated rings. The minimum atomic E-state index is -3.70. The molecule has 2 aromatic carbocycles. The second-order valence-electron chi connectivity index (χ2n) is 6.78. The van der Waals surface area contributed by atoms with Crippen LogP contribution in [0, 0.1) is 0 Å². The molecule has 0 saturated heterocycles. The lowest BCUT2D eigenvalue weighted by molar-refractivity contribution is 0.448. The number of sulfonamides is 1. The molecule has 5 aromatic rings. The van der Waals surface area contributed by atoms with Crippen LogP contribution in [-0.4, -0.2) is 33.3 Å². The van der Waals surface area contributed by atoms with Gasteiger partial charge in [-0.15, -0.1) is 0 Å². The first-order valence-electron chi connectivity index (χ1n) is 9.49. The molecule has 0 atom stereocenters.